The summed E-state index contributed by atoms with van der Waals surface area (Å²) in [5, 5.41) is 2.98. The summed E-state index contributed by atoms with van der Waals surface area (Å²) in [5.41, 5.74) is 3.09. The Hall–Kier alpha value is -3.27. The third-order valence-corrected chi connectivity index (χ3v) is 4.23. The van der Waals surface area contributed by atoms with Gasteiger partial charge in [0.25, 0.3) is 0 Å². The van der Waals surface area contributed by atoms with Gasteiger partial charge in [-0.05, 0) is 47.9 Å². The highest BCUT2D eigenvalue weighted by Crippen LogP contribution is 2.14. The molecule has 0 unspecified atom stereocenters. The Bertz CT molecular complexity index is 876. The molecule has 0 aliphatic heterocycles. The lowest BCUT2D eigenvalue weighted by atomic mass is 10.1. The zero-order chi connectivity index (χ0) is 19.6. The first-order chi connectivity index (χ1) is 13.7. The number of rotatable bonds is 9. The van der Waals surface area contributed by atoms with Gasteiger partial charge in [0.15, 0.2) is 0 Å². The predicted octanol–water partition coefficient (Wildman–Crippen LogP) is 4.52. The first-order valence-corrected chi connectivity index (χ1v) is 9.47. The number of carbonyl (C=O) groups is 1. The summed E-state index contributed by atoms with van der Waals surface area (Å²) in [7, 11) is 0. The smallest absolute Gasteiger partial charge is 0.224 e. The maximum atomic E-state index is 12.2. The maximum Gasteiger partial charge on any atom is 0.224 e. The second kappa shape index (κ2) is 10.2. The van der Waals surface area contributed by atoms with Gasteiger partial charge in [-0.2, -0.15) is 0 Å². The van der Waals surface area contributed by atoms with Gasteiger partial charge in [-0.25, -0.2) is 0 Å². The molecular weight excluding hydrogens is 350 g/mol. The van der Waals surface area contributed by atoms with Gasteiger partial charge in [0.1, 0.15) is 18.1 Å². The monoisotopic (exact) mass is 375 g/mol. The molecule has 0 atom stereocenters. The van der Waals surface area contributed by atoms with Crippen LogP contribution in [0.25, 0.3) is 0 Å². The molecular formula is C24H25NO3. The van der Waals surface area contributed by atoms with Gasteiger partial charge in [0, 0.05) is 6.54 Å². The lowest BCUT2D eigenvalue weighted by molar-refractivity contribution is -0.120. The molecule has 0 aliphatic carbocycles. The van der Waals surface area contributed by atoms with Gasteiger partial charge in [-0.1, -0.05) is 54.6 Å². The molecule has 3 aromatic carbocycles. The number of carbonyl (C=O) groups excluding carboxylic acids is 1. The number of amides is 1. The lowest BCUT2D eigenvalue weighted by Crippen LogP contribution is -2.24. The molecule has 0 heterocycles. The number of ether oxygens (including phenoxy) is 2. The van der Waals surface area contributed by atoms with E-state index in [2.05, 4.69) is 11.4 Å². The Morgan fingerprint density at radius 2 is 1.50 bits per heavy atom. The minimum Gasteiger partial charge on any atom is -0.494 e. The van der Waals surface area contributed by atoms with Crippen molar-refractivity contribution in [3.63, 3.8) is 0 Å². The molecule has 0 radical (unpaired) electrons. The number of para-hydroxylation sites is 1. The Morgan fingerprint density at radius 3 is 2.25 bits per heavy atom. The van der Waals surface area contributed by atoms with Crippen molar-refractivity contribution in [2.45, 2.75) is 26.5 Å². The van der Waals surface area contributed by atoms with Crippen LogP contribution >= 0.6 is 0 Å². The number of hydrogen-bond acceptors (Lipinski definition) is 3. The summed E-state index contributed by atoms with van der Waals surface area (Å²) in [6, 6.07) is 25.4. The maximum absolute atomic E-state index is 12.2. The van der Waals surface area contributed by atoms with Crippen LogP contribution in [0, 0.1) is 0 Å². The minimum absolute atomic E-state index is 0.00454. The van der Waals surface area contributed by atoms with Gasteiger partial charge < -0.3 is 14.8 Å². The highest BCUT2D eigenvalue weighted by Gasteiger charge is 2.05. The lowest BCUT2D eigenvalue weighted by Gasteiger charge is -2.09. The average Bonchev–Trinajstić information content (AvgIpc) is 2.73. The van der Waals surface area contributed by atoms with Crippen LogP contribution in [0.15, 0.2) is 78.9 Å². The highest BCUT2D eigenvalue weighted by atomic mass is 16.5. The van der Waals surface area contributed by atoms with Crippen molar-refractivity contribution < 1.29 is 14.3 Å². The van der Waals surface area contributed by atoms with E-state index < -0.39 is 0 Å². The van der Waals surface area contributed by atoms with Crippen LogP contribution in [0.1, 0.15) is 23.6 Å². The molecule has 0 fully saturated rings. The first-order valence-electron chi connectivity index (χ1n) is 9.47. The molecule has 3 aromatic rings. The molecule has 144 valence electrons. The van der Waals surface area contributed by atoms with E-state index in [0.717, 1.165) is 28.2 Å². The Labute approximate surface area is 166 Å². The predicted molar refractivity (Wildman–Crippen MR) is 110 cm³/mol. The Balaban J connectivity index is 1.47. The zero-order valence-electron chi connectivity index (χ0n) is 16.1. The summed E-state index contributed by atoms with van der Waals surface area (Å²) in [4.78, 5) is 12.2. The molecule has 0 aromatic heterocycles. The summed E-state index contributed by atoms with van der Waals surface area (Å²) >= 11 is 0. The molecule has 0 spiro atoms. The molecule has 1 N–H and O–H groups in total. The van der Waals surface area contributed by atoms with Crippen LogP contribution in [0.5, 0.6) is 11.5 Å². The van der Waals surface area contributed by atoms with Crippen LogP contribution in [-0.2, 0) is 24.4 Å². The van der Waals surface area contributed by atoms with Crippen molar-refractivity contribution in [2.75, 3.05) is 6.61 Å². The fourth-order valence-corrected chi connectivity index (χ4v) is 2.83. The summed E-state index contributed by atoms with van der Waals surface area (Å²) in [6.07, 6.45) is 0.350. The molecule has 0 saturated carbocycles. The number of benzene rings is 3. The van der Waals surface area contributed by atoms with E-state index in [0.29, 0.717) is 26.2 Å². The minimum atomic E-state index is -0.00454. The second-order valence-electron chi connectivity index (χ2n) is 6.45. The SMILES string of the molecule is CCOc1ccc(CC(=O)NCc2cccc(COc3ccccc3)c2)cc1. The number of hydrogen-bond donors (Lipinski definition) is 1. The van der Waals surface area contributed by atoms with Crippen LogP contribution in [-0.4, -0.2) is 12.5 Å². The standard InChI is InChI=1S/C24H25NO3/c1-2-27-23-13-11-19(12-14-23)16-24(26)25-17-20-7-6-8-21(15-20)18-28-22-9-4-3-5-10-22/h3-15H,2,16-18H2,1H3,(H,25,26). The van der Waals surface area contributed by atoms with E-state index in [1.54, 1.807) is 0 Å². The molecule has 28 heavy (non-hydrogen) atoms. The van der Waals surface area contributed by atoms with E-state index >= 15 is 0 Å². The zero-order valence-corrected chi connectivity index (χ0v) is 16.1. The largest absolute Gasteiger partial charge is 0.494 e. The molecule has 3 rings (SSSR count). The Kier molecular flexibility index (Phi) is 7.08. The van der Waals surface area contributed by atoms with Crippen molar-refractivity contribution in [2.24, 2.45) is 0 Å². The van der Waals surface area contributed by atoms with Crippen molar-refractivity contribution in [1.82, 2.24) is 5.32 Å². The third kappa shape index (κ3) is 6.16. The summed E-state index contributed by atoms with van der Waals surface area (Å²) < 4.78 is 11.2. The Morgan fingerprint density at radius 1 is 0.786 bits per heavy atom. The fourth-order valence-electron chi connectivity index (χ4n) is 2.83. The topological polar surface area (TPSA) is 47.6 Å². The van der Waals surface area contributed by atoms with Crippen LogP contribution in [0.3, 0.4) is 0 Å². The molecule has 4 heteroatoms. The number of nitrogens with one attached hydrogen (secondary N) is 1. The van der Waals surface area contributed by atoms with Gasteiger partial charge in [0.2, 0.25) is 5.91 Å². The van der Waals surface area contributed by atoms with Crippen molar-refractivity contribution in [1.29, 1.82) is 0 Å². The van der Waals surface area contributed by atoms with Crippen molar-refractivity contribution in [3.05, 3.63) is 95.6 Å². The average molecular weight is 375 g/mol. The van der Waals surface area contributed by atoms with Crippen molar-refractivity contribution in [3.8, 4) is 11.5 Å². The summed E-state index contributed by atoms with van der Waals surface area (Å²) in [6.45, 7) is 3.58. The van der Waals surface area contributed by atoms with E-state index in [4.69, 9.17) is 9.47 Å². The van der Waals surface area contributed by atoms with E-state index in [1.165, 1.54) is 0 Å². The molecule has 0 bridgehead atoms. The van der Waals surface area contributed by atoms with Gasteiger partial charge in [0.05, 0.1) is 13.0 Å². The summed E-state index contributed by atoms with van der Waals surface area (Å²) in [5.74, 6) is 1.66. The molecule has 4 nitrogen and oxygen atoms in total. The van der Waals surface area contributed by atoms with Gasteiger partial charge in [-0.15, -0.1) is 0 Å². The third-order valence-electron chi connectivity index (χ3n) is 4.23. The normalized spacial score (nSPS) is 10.3. The van der Waals surface area contributed by atoms with E-state index in [1.807, 2.05) is 79.7 Å². The fraction of sp³-hybridized carbons (Fsp3) is 0.208. The molecule has 0 aliphatic rings. The van der Waals surface area contributed by atoms with Crippen LogP contribution < -0.4 is 14.8 Å². The van der Waals surface area contributed by atoms with Crippen LogP contribution in [0.4, 0.5) is 0 Å². The molecule has 1 amide bonds. The van der Waals surface area contributed by atoms with E-state index in [9.17, 15) is 4.79 Å². The quantitative estimate of drug-likeness (QED) is 0.598. The van der Waals surface area contributed by atoms with Crippen molar-refractivity contribution >= 4 is 5.91 Å². The van der Waals surface area contributed by atoms with Crippen LogP contribution in [0.2, 0.25) is 0 Å². The molecule has 0 saturated heterocycles. The second-order valence-corrected chi connectivity index (χ2v) is 6.45. The van der Waals surface area contributed by atoms with Gasteiger partial charge in [-0.3, -0.25) is 4.79 Å². The highest BCUT2D eigenvalue weighted by molar-refractivity contribution is 5.78. The van der Waals surface area contributed by atoms with Gasteiger partial charge >= 0.3 is 0 Å². The van der Waals surface area contributed by atoms with E-state index in [-0.39, 0.29) is 5.91 Å². The first kappa shape index (κ1) is 19.5.